The van der Waals surface area contributed by atoms with Crippen molar-refractivity contribution in [1.82, 2.24) is 14.8 Å². The van der Waals surface area contributed by atoms with E-state index in [-0.39, 0.29) is 5.56 Å². The van der Waals surface area contributed by atoms with Gasteiger partial charge >= 0.3 is 0 Å². The summed E-state index contributed by atoms with van der Waals surface area (Å²) in [7, 11) is 3.29. The molecule has 0 amide bonds. The van der Waals surface area contributed by atoms with Gasteiger partial charge in [0.25, 0.3) is 5.56 Å². The number of aromatic nitrogens is 3. The summed E-state index contributed by atoms with van der Waals surface area (Å²) in [5.41, 5.74) is 1.24. The van der Waals surface area contributed by atoms with E-state index in [1.54, 1.807) is 26.4 Å². The van der Waals surface area contributed by atoms with Crippen LogP contribution in [0.1, 0.15) is 5.69 Å². The quantitative estimate of drug-likeness (QED) is 0.861. The summed E-state index contributed by atoms with van der Waals surface area (Å²) in [6.07, 6.45) is 1.60. The highest BCUT2D eigenvalue weighted by atomic mass is 16.5. The van der Waals surface area contributed by atoms with Crippen LogP contribution in [0.4, 0.5) is 5.69 Å². The van der Waals surface area contributed by atoms with Crippen LogP contribution in [0.5, 0.6) is 5.88 Å². The first-order valence-corrected chi connectivity index (χ1v) is 5.48. The van der Waals surface area contributed by atoms with Gasteiger partial charge in [-0.3, -0.25) is 4.79 Å². The topological polar surface area (TPSA) is 69.0 Å². The average molecular weight is 246 g/mol. The van der Waals surface area contributed by atoms with Crippen molar-refractivity contribution in [3.05, 3.63) is 46.5 Å². The number of methoxy groups -OCH3 is 1. The van der Waals surface area contributed by atoms with Crippen molar-refractivity contribution in [2.45, 2.75) is 6.54 Å². The monoisotopic (exact) mass is 246 g/mol. The maximum absolute atomic E-state index is 11.8. The van der Waals surface area contributed by atoms with Gasteiger partial charge in [0.15, 0.2) is 0 Å². The zero-order chi connectivity index (χ0) is 13.0. The lowest BCUT2D eigenvalue weighted by Crippen LogP contribution is -2.23. The first kappa shape index (κ1) is 12.1. The van der Waals surface area contributed by atoms with E-state index in [9.17, 15) is 4.79 Å². The van der Waals surface area contributed by atoms with E-state index in [0.717, 1.165) is 5.69 Å². The third kappa shape index (κ3) is 2.65. The molecule has 2 aromatic heterocycles. The highest BCUT2D eigenvalue weighted by Gasteiger charge is 2.03. The number of nitrogens with zero attached hydrogens (tertiary/aromatic N) is 3. The third-order valence-corrected chi connectivity index (χ3v) is 2.46. The summed E-state index contributed by atoms with van der Waals surface area (Å²) in [6, 6.07) is 6.90. The van der Waals surface area contributed by atoms with Gasteiger partial charge < -0.3 is 10.1 Å². The van der Waals surface area contributed by atoms with Crippen molar-refractivity contribution in [1.29, 1.82) is 0 Å². The Morgan fingerprint density at radius 3 is 2.94 bits per heavy atom. The maximum atomic E-state index is 11.8. The fourth-order valence-corrected chi connectivity index (χ4v) is 1.50. The van der Waals surface area contributed by atoms with E-state index >= 15 is 0 Å². The Morgan fingerprint density at radius 2 is 2.28 bits per heavy atom. The summed E-state index contributed by atoms with van der Waals surface area (Å²) in [4.78, 5) is 16.0. The van der Waals surface area contributed by atoms with Crippen LogP contribution in [0.2, 0.25) is 0 Å². The molecule has 0 fully saturated rings. The lowest BCUT2D eigenvalue weighted by molar-refractivity contribution is 0.395. The van der Waals surface area contributed by atoms with Crippen LogP contribution >= 0.6 is 0 Å². The summed E-state index contributed by atoms with van der Waals surface area (Å²) < 4.78 is 6.38. The number of hydrogen-bond acceptors (Lipinski definition) is 5. The highest BCUT2D eigenvalue weighted by molar-refractivity contribution is 5.37. The van der Waals surface area contributed by atoms with E-state index in [0.29, 0.717) is 18.1 Å². The molecular formula is C12H14N4O2. The molecule has 0 spiro atoms. The Morgan fingerprint density at radius 1 is 1.44 bits per heavy atom. The lowest BCUT2D eigenvalue weighted by Gasteiger charge is -2.06. The molecule has 0 aliphatic carbocycles. The van der Waals surface area contributed by atoms with Crippen molar-refractivity contribution < 1.29 is 4.74 Å². The Bertz CT molecular complexity index is 595. The molecule has 2 aromatic rings. The Kier molecular flexibility index (Phi) is 3.57. The predicted molar refractivity (Wildman–Crippen MR) is 67.9 cm³/mol. The molecule has 0 saturated heterocycles. The molecule has 0 aliphatic heterocycles. The zero-order valence-corrected chi connectivity index (χ0v) is 10.3. The molecule has 1 N–H and O–H groups in total. The summed E-state index contributed by atoms with van der Waals surface area (Å²) in [6.45, 7) is 0.319. The molecule has 94 valence electrons. The smallest absolute Gasteiger partial charge is 0.269 e. The minimum absolute atomic E-state index is 0.175. The van der Waals surface area contributed by atoms with Crippen molar-refractivity contribution in [3.8, 4) is 5.88 Å². The van der Waals surface area contributed by atoms with E-state index in [1.807, 2.05) is 12.1 Å². The first-order valence-electron chi connectivity index (χ1n) is 5.48. The first-order chi connectivity index (χ1) is 8.72. The van der Waals surface area contributed by atoms with Crippen LogP contribution in [-0.4, -0.2) is 28.9 Å². The van der Waals surface area contributed by atoms with Crippen LogP contribution in [0.25, 0.3) is 0 Å². The minimum atomic E-state index is -0.175. The fraction of sp³-hybridized carbons (Fsp3) is 0.250. The lowest BCUT2D eigenvalue weighted by atomic mass is 10.3. The summed E-state index contributed by atoms with van der Waals surface area (Å²) in [5.74, 6) is 0.521. The minimum Gasteiger partial charge on any atom is -0.481 e. The van der Waals surface area contributed by atoms with Gasteiger partial charge in [0.05, 0.1) is 31.2 Å². The van der Waals surface area contributed by atoms with Gasteiger partial charge in [-0.05, 0) is 6.07 Å². The molecule has 0 saturated carbocycles. The van der Waals surface area contributed by atoms with Crippen LogP contribution in [0.15, 0.2) is 35.3 Å². The Balaban J connectivity index is 2.25. The van der Waals surface area contributed by atoms with Crippen LogP contribution < -0.4 is 15.6 Å². The van der Waals surface area contributed by atoms with E-state index < -0.39 is 0 Å². The predicted octanol–water partition coefficient (Wildman–Crippen LogP) is 0.737. The third-order valence-electron chi connectivity index (χ3n) is 2.46. The molecular weight excluding hydrogens is 232 g/mol. The number of ether oxygens (including phenoxy) is 1. The van der Waals surface area contributed by atoms with Gasteiger partial charge in [-0.2, -0.15) is 5.10 Å². The van der Waals surface area contributed by atoms with Gasteiger partial charge in [-0.25, -0.2) is 9.67 Å². The SMILES string of the molecule is CNc1cnn(Cc2cccc(OC)n2)c(=O)c1. The van der Waals surface area contributed by atoms with Crippen molar-refractivity contribution in [3.63, 3.8) is 0 Å². The van der Waals surface area contributed by atoms with Crippen molar-refractivity contribution >= 4 is 5.69 Å². The van der Waals surface area contributed by atoms with E-state index in [2.05, 4.69) is 15.4 Å². The molecule has 6 nitrogen and oxygen atoms in total. The molecule has 0 aromatic carbocycles. The Hall–Kier alpha value is -2.37. The molecule has 0 unspecified atom stereocenters. The molecule has 0 aliphatic rings. The second kappa shape index (κ2) is 5.31. The molecule has 2 rings (SSSR count). The van der Waals surface area contributed by atoms with Gasteiger partial charge in [-0.15, -0.1) is 0 Å². The number of hydrogen-bond donors (Lipinski definition) is 1. The van der Waals surface area contributed by atoms with Crippen LogP contribution in [0, 0.1) is 0 Å². The second-order valence-electron chi connectivity index (χ2n) is 3.66. The maximum Gasteiger partial charge on any atom is 0.269 e. The van der Waals surface area contributed by atoms with Crippen LogP contribution in [0.3, 0.4) is 0 Å². The zero-order valence-electron chi connectivity index (χ0n) is 10.3. The molecule has 18 heavy (non-hydrogen) atoms. The van der Waals surface area contributed by atoms with E-state index in [1.165, 1.54) is 10.7 Å². The molecule has 0 bridgehead atoms. The van der Waals surface area contributed by atoms with Gasteiger partial charge in [-0.1, -0.05) is 6.07 Å². The molecule has 0 atom stereocenters. The summed E-state index contributed by atoms with van der Waals surface area (Å²) >= 11 is 0. The van der Waals surface area contributed by atoms with Gasteiger partial charge in [0.1, 0.15) is 0 Å². The standard InChI is InChI=1S/C12H14N4O2/c1-13-10-6-12(17)16(14-7-10)8-9-4-3-5-11(15-9)18-2/h3-7,13H,8H2,1-2H3. The fourth-order valence-electron chi connectivity index (χ4n) is 1.50. The van der Waals surface area contributed by atoms with Gasteiger partial charge in [0.2, 0.25) is 5.88 Å². The highest BCUT2D eigenvalue weighted by Crippen LogP contribution is 2.07. The van der Waals surface area contributed by atoms with Crippen molar-refractivity contribution in [2.24, 2.45) is 0 Å². The normalized spacial score (nSPS) is 10.1. The summed E-state index contributed by atoms with van der Waals surface area (Å²) in [5, 5.41) is 6.93. The number of anilines is 1. The van der Waals surface area contributed by atoms with E-state index in [4.69, 9.17) is 4.74 Å². The van der Waals surface area contributed by atoms with Crippen LogP contribution in [-0.2, 0) is 6.54 Å². The molecule has 2 heterocycles. The number of rotatable bonds is 4. The molecule has 0 radical (unpaired) electrons. The van der Waals surface area contributed by atoms with Gasteiger partial charge in [0, 0.05) is 19.2 Å². The Labute approximate surface area is 104 Å². The number of nitrogens with one attached hydrogen (secondary N) is 1. The largest absolute Gasteiger partial charge is 0.481 e. The average Bonchev–Trinajstić information content (AvgIpc) is 2.41. The second-order valence-corrected chi connectivity index (χ2v) is 3.66. The number of pyridine rings is 1. The molecule has 6 heteroatoms. The van der Waals surface area contributed by atoms with Crippen molar-refractivity contribution in [2.75, 3.05) is 19.5 Å².